The van der Waals surface area contributed by atoms with Crippen molar-refractivity contribution in [2.24, 2.45) is 0 Å². The van der Waals surface area contributed by atoms with E-state index in [0.29, 0.717) is 29.5 Å². The molecule has 3 aromatic rings. The van der Waals surface area contributed by atoms with Gasteiger partial charge in [0.05, 0.1) is 24.8 Å². The molecule has 1 heterocycles. The number of carbonyl (C=O) groups is 2. The van der Waals surface area contributed by atoms with Crippen molar-refractivity contribution < 1.29 is 19.4 Å². The van der Waals surface area contributed by atoms with Crippen LogP contribution in [0, 0.1) is 11.3 Å². The lowest BCUT2D eigenvalue weighted by Gasteiger charge is -2.29. The smallest absolute Gasteiger partial charge is 0.326 e. The van der Waals surface area contributed by atoms with Crippen LogP contribution in [0.1, 0.15) is 40.4 Å². The average Bonchev–Trinajstić information content (AvgIpc) is 3.29. The van der Waals surface area contributed by atoms with E-state index in [1.54, 1.807) is 43.5 Å². The molecule has 6 nitrogen and oxygen atoms in total. The van der Waals surface area contributed by atoms with Gasteiger partial charge < -0.3 is 14.7 Å². The van der Waals surface area contributed by atoms with Crippen molar-refractivity contribution in [3.05, 3.63) is 89.5 Å². The topological polar surface area (TPSA) is 90.6 Å². The van der Waals surface area contributed by atoms with Crippen LogP contribution in [0.2, 0.25) is 0 Å². The van der Waals surface area contributed by atoms with Gasteiger partial charge in [-0.1, -0.05) is 48.5 Å². The van der Waals surface area contributed by atoms with Crippen molar-refractivity contribution in [2.45, 2.75) is 24.9 Å². The van der Waals surface area contributed by atoms with E-state index in [2.05, 4.69) is 6.07 Å². The summed E-state index contributed by atoms with van der Waals surface area (Å²) in [6.07, 6.45) is 0.825. The molecular formula is C26H22N2O4. The first-order valence-corrected chi connectivity index (χ1v) is 10.3. The quantitative estimate of drug-likeness (QED) is 0.641. The number of rotatable bonds is 5. The summed E-state index contributed by atoms with van der Waals surface area (Å²) in [5.41, 5.74) is 3.32. The minimum Gasteiger partial charge on any atom is -0.496 e. The van der Waals surface area contributed by atoms with Gasteiger partial charge in [-0.2, -0.15) is 5.26 Å². The molecule has 32 heavy (non-hydrogen) atoms. The summed E-state index contributed by atoms with van der Waals surface area (Å²) in [6.45, 7) is 0. The second-order valence-corrected chi connectivity index (χ2v) is 7.64. The standard InChI is InChI=1S/C26H22N2O4/c1-32-24-9-5-4-8-21(24)17-10-12-18(13-11-17)25(29)28-22(14-15-23(28)26(30)31)20-7-3-2-6-19(20)16-27/h2-13,22-23H,14-15H2,1H3,(H,30,31)/t22-,23+/m1/s1. The largest absolute Gasteiger partial charge is 0.496 e. The molecule has 4 rings (SSSR count). The van der Waals surface area contributed by atoms with Crippen molar-refractivity contribution in [3.63, 3.8) is 0 Å². The number of ether oxygens (including phenoxy) is 1. The van der Waals surface area contributed by atoms with Crippen molar-refractivity contribution >= 4 is 11.9 Å². The van der Waals surface area contributed by atoms with Crippen molar-refractivity contribution in [3.8, 4) is 22.9 Å². The fourth-order valence-electron chi connectivity index (χ4n) is 4.36. The number of amides is 1. The molecule has 0 saturated carbocycles. The van der Waals surface area contributed by atoms with Crippen LogP contribution in [-0.2, 0) is 4.79 Å². The number of hydrogen-bond donors (Lipinski definition) is 1. The lowest BCUT2D eigenvalue weighted by Crippen LogP contribution is -2.42. The summed E-state index contributed by atoms with van der Waals surface area (Å²) in [5, 5.41) is 19.2. The molecule has 0 bridgehead atoms. The van der Waals surface area contributed by atoms with E-state index in [1.165, 1.54) is 4.90 Å². The van der Waals surface area contributed by atoms with Gasteiger partial charge >= 0.3 is 5.97 Å². The molecule has 0 aromatic heterocycles. The van der Waals surface area contributed by atoms with Crippen LogP contribution < -0.4 is 4.74 Å². The minimum atomic E-state index is -1.04. The lowest BCUT2D eigenvalue weighted by atomic mass is 9.98. The first kappa shape index (κ1) is 21.1. The predicted octanol–water partition coefficient (Wildman–Crippen LogP) is 4.66. The van der Waals surface area contributed by atoms with Gasteiger partial charge in [0.25, 0.3) is 5.91 Å². The number of para-hydroxylation sites is 1. The van der Waals surface area contributed by atoms with Crippen LogP contribution in [0.4, 0.5) is 0 Å². The van der Waals surface area contributed by atoms with E-state index in [4.69, 9.17) is 4.74 Å². The fraction of sp³-hybridized carbons (Fsp3) is 0.192. The Balaban J connectivity index is 1.69. The lowest BCUT2D eigenvalue weighted by molar-refractivity contribution is -0.141. The zero-order valence-electron chi connectivity index (χ0n) is 17.6. The molecule has 1 N–H and O–H groups in total. The van der Waals surface area contributed by atoms with Crippen molar-refractivity contribution in [2.75, 3.05) is 7.11 Å². The number of nitrogens with zero attached hydrogens (tertiary/aromatic N) is 2. The van der Waals surface area contributed by atoms with Gasteiger partial charge in [0, 0.05) is 11.1 Å². The monoisotopic (exact) mass is 426 g/mol. The zero-order valence-corrected chi connectivity index (χ0v) is 17.6. The highest BCUT2D eigenvalue weighted by Gasteiger charge is 2.42. The summed E-state index contributed by atoms with van der Waals surface area (Å²) in [4.78, 5) is 26.8. The van der Waals surface area contributed by atoms with Crippen molar-refractivity contribution in [1.82, 2.24) is 4.90 Å². The first-order valence-electron chi connectivity index (χ1n) is 10.3. The van der Waals surface area contributed by atoms with Crippen LogP contribution in [0.25, 0.3) is 11.1 Å². The number of aliphatic carboxylic acids is 1. The summed E-state index contributed by atoms with van der Waals surface area (Å²) in [5.74, 6) is -0.676. The second-order valence-electron chi connectivity index (χ2n) is 7.64. The Kier molecular flexibility index (Phi) is 5.91. The number of carboxylic acids is 1. The highest BCUT2D eigenvalue weighted by molar-refractivity contribution is 5.98. The summed E-state index contributed by atoms with van der Waals surface area (Å²) in [7, 11) is 1.61. The Hall–Kier alpha value is -4.11. The van der Waals surface area contributed by atoms with Crippen LogP contribution in [0.3, 0.4) is 0 Å². The number of benzene rings is 3. The molecule has 0 aliphatic carbocycles. The maximum atomic E-state index is 13.5. The summed E-state index contributed by atoms with van der Waals surface area (Å²) in [6, 6.07) is 22.5. The SMILES string of the molecule is COc1ccccc1-c1ccc(C(=O)N2[C@@H](c3ccccc3C#N)CC[C@H]2C(=O)O)cc1. The van der Waals surface area contributed by atoms with Gasteiger partial charge in [-0.05, 0) is 48.2 Å². The van der Waals surface area contributed by atoms with E-state index in [0.717, 1.165) is 16.9 Å². The van der Waals surface area contributed by atoms with Gasteiger partial charge in [-0.25, -0.2) is 4.79 Å². The number of methoxy groups -OCH3 is 1. The molecule has 1 aliphatic heterocycles. The molecule has 6 heteroatoms. The third-order valence-corrected chi connectivity index (χ3v) is 5.89. The van der Waals surface area contributed by atoms with Crippen molar-refractivity contribution in [1.29, 1.82) is 5.26 Å². The molecule has 2 atom stereocenters. The Morgan fingerprint density at radius 3 is 2.38 bits per heavy atom. The van der Waals surface area contributed by atoms with Crippen LogP contribution >= 0.6 is 0 Å². The third kappa shape index (κ3) is 3.81. The zero-order chi connectivity index (χ0) is 22.7. The Bertz CT molecular complexity index is 1200. The van der Waals surface area contributed by atoms with E-state index in [9.17, 15) is 20.0 Å². The van der Waals surface area contributed by atoms with Crippen LogP contribution in [0.5, 0.6) is 5.75 Å². The number of carbonyl (C=O) groups excluding carboxylic acids is 1. The Morgan fingerprint density at radius 1 is 1.00 bits per heavy atom. The van der Waals surface area contributed by atoms with Gasteiger partial charge in [0.15, 0.2) is 0 Å². The molecule has 160 valence electrons. The maximum Gasteiger partial charge on any atom is 0.326 e. The summed E-state index contributed by atoms with van der Waals surface area (Å²) < 4.78 is 5.42. The highest BCUT2D eigenvalue weighted by atomic mass is 16.5. The molecule has 3 aromatic carbocycles. The van der Waals surface area contributed by atoms with Crippen LogP contribution in [0.15, 0.2) is 72.8 Å². The maximum absolute atomic E-state index is 13.5. The van der Waals surface area contributed by atoms with E-state index in [1.807, 2.05) is 36.4 Å². The van der Waals surface area contributed by atoms with Gasteiger partial charge in [0.1, 0.15) is 11.8 Å². The average molecular weight is 426 g/mol. The fourth-order valence-corrected chi connectivity index (χ4v) is 4.36. The molecule has 0 unspecified atom stereocenters. The predicted molar refractivity (Wildman–Crippen MR) is 119 cm³/mol. The number of nitriles is 1. The Labute approximate surface area is 186 Å². The van der Waals surface area contributed by atoms with E-state index in [-0.39, 0.29) is 5.91 Å². The van der Waals surface area contributed by atoms with E-state index >= 15 is 0 Å². The second kappa shape index (κ2) is 8.94. The van der Waals surface area contributed by atoms with Gasteiger partial charge in [0.2, 0.25) is 0 Å². The minimum absolute atomic E-state index is 0.338. The molecular weight excluding hydrogens is 404 g/mol. The van der Waals surface area contributed by atoms with E-state index < -0.39 is 18.1 Å². The normalized spacial score (nSPS) is 17.6. The molecule has 0 spiro atoms. The highest BCUT2D eigenvalue weighted by Crippen LogP contribution is 2.39. The van der Waals surface area contributed by atoms with Gasteiger partial charge in [-0.15, -0.1) is 0 Å². The molecule has 1 fully saturated rings. The van der Waals surface area contributed by atoms with Gasteiger partial charge in [-0.3, -0.25) is 4.79 Å². The number of likely N-dealkylation sites (tertiary alicyclic amines) is 1. The number of hydrogen-bond acceptors (Lipinski definition) is 4. The number of carboxylic acid groups (broad SMARTS) is 1. The summed E-state index contributed by atoms with van der Waals surface area (Å²) >= 11 is 0. The Morgan fingerprint density at radius 2 is 1.69 bits per heavy atom. The molecule has 1 aliphatic rings. The molecule has 1 saturated heterocycles. The molecule has 1 amide bonds. The first-order chi connectivity index (χ1) is 15.5. The van der Waals surface area contributed by atoms with Crippen LogP contribution in [-0.4, -0.2) is 35.0 Å². The third-order valence-electron chi connectivity index (χ3n) is 5.89. The molecule has 0 radical (unpaired) electrons.